The molecule has 2 nitrogen and oxygen atoms in total. The number of thiophene rings is 1. The van der Waals surface area contributed by atoms with Crippen molar-refractivity contribution in [1.29, 1.82) is 0 Å². The molecule has 2 atom stereocenters. The second-order valence-electron chi connectivity index (χ2n) is 4.02. The van der Waals surface area contributed by atoms with E-state index in [1.54, 1.807) is 11.3 Å². The summed E-state index contributed by atoms with van der Waals surface area (Å²) in [6.07, 6.45) is 0. The lowest BCUT2D eigenvalue weighted by molar-refractivity contribution is -0.121. The van der Waals surface area contributed by atoms with Crippen LogP contribution in [0, 0.1) is 0 Å². The van der Waals surface area contributed by atoms with E-state index >= 15 is 0 Å². The zero-order chi connectivity index (χ0) is 13.0. The number of hydrogen-bond donors (Lipinski definition) is 1. The number of hydrogen-bond acceptors (Lipinski definition) is 2. The van der Waals surface area contributed by atoms with Crippen molar-refractivity contribution in [2.75, 3.05) is 0 Å². The Labute approximate surface area is 116 Å². The Morgan fingerprint density at radius 3 is 2.56 bits per heavy atom. The van der Waals surface area contributed by atoms with E-state index in [4.69, 9.17) is 11.6 Å². The predicted molar refractivity (Wildman–Crippen MR) is 75.9 cm³/mol. The van der Waals surface area contributed by atoms with E-state index in [9.17, 15) is 4.79 Å². The smallest absolute Gasteiger partial charge is 0.243 e. The number of benzene rings is 1. The van der Waals surface area contributed by atoms with Gasteiger partial charge in [-0.15, -0.1) is 22.9 Å². The molecule has 94 valence electrons. The standard InChI is InChI=1S/C14H14ClNOS/c1-10(12-8-5-9-18-12)16-14(17)13(15)11-6-3-2-4-7-11/h2-10,13H,1H3,(H,16,17). The fraction of sp³-hybridized carbons (Fsp3) is 0.214. The number of amides is 1. The molecular formula is C14H14ClNOS. The van der Waals surface area contributed by atoms with E-state index in [0.29, 0.717) is 0 Å². The molecule has 0 saturated heterocycles. The quantitative estimate of drug-likeness (QED) is 0.845. The highest BCUT2D eigenvalue weighted by Crippen LogP contribution is 2.23. The molecule has 1 amide bonds. The fourth-order valence-corrected chi connectivity index (χ4v) is 2.61. The molecule has 4 heteroatoms. The van der Waals surface area contributed by atoms with Crippen LogP contribution in [0.1, 0.15) is 28.8 Å². The largest absolute Gasteiger partial charge is 0.347 e. The van der Waals surface area contributed by atoms with Crippen molar-refractivity contribution in [2.45, 2.75) is 18.3 Å². The van der Waals surface area contributed by atoms with Gasteiger partial charge in [-0.25, -0.2) is 0 Å². The van der Waals surface area contributed by atoms with E-state index in [2.05, 4.69) is 5.32 Å². The minimum absolute atomic E-state index is 0.0116. The van der Waals surface area contributed by atoms with Gasteiger partial charge in [0, 0.05) is 4.88 Å². The Balaban J connectivity index is 2.00. The third kappa shape index (κ3) is 3.12. The van der Waals surface area contributed by atoms with Gasteiger partial charge in [-0.2, -0.15) is 0 Å². The van der Waals surface area contributed by atoms with E-state index in [-0.39, 0.29) is 11.9 Å². The van der Waals surface area contributed by atoms with Crippen LogP contribution in [0.4, 0.5) is 0 Å². The molecule has 0 aliphatic rings. The van der Waals surface area contributed by atoms with Crippen molar-refractivity contribution in [2.24, 2.45) is 0 Å². The second-order valence-corrected chi connectivity index (χ2v) is 5.43. The van der Waals surface area contributed by atoms with E-state index in [1.807, 2.05) is 54.8 Å². The third-order valence-corrected chi connectivity index (χ3v) is 4.16. The molecule has 1 aromatic carbocycles. The monoisotopic (exact) mass is 279 g/mol. The molecule has 0 radical (unpaired) electrons. The van der Waals surface area contributed by atoms with Crippen LogP contribution in [0.25, 0.3) is 0 Å². The van der Waals surface area contributed by atoms with E-state index in [1.165, 1.54) is 0 Å². The Bertz CT molecular complexity index is 498. The van der Waals surface area contributed by atoms with Gasteiger partial charge in [0.05, 0.1) is 6.04 Å². The maximum Gasteiger partial charge on any atom is 0.243 e. The summed E-state index contributed by atoms with van der Waals surface area (Å²) in [6.45, 7) is 1.96. The maximum absolute atomic E-state index is 12.0. The molecule has 2 rings (SSSR count). The van der Waals surface area contributed by atoms with Crippen LogP contribution in [0.2, 0.25) is 0 Å². The minimum Gasteiger partial charge on any atom is -0.347 e. The summed E-state index contributed by atoms with van der Waals surface area (Å²) in [6, 6.07) is 13.3. The van der Waals surface area contributed by atoms with Crippen molar-refractivity contribution in [3.05, 3.63) is 58.3 Å². The highest BCUT2D eigenvalue weighted by atomic mass is 35.5. The van der Waals surface area contributed by atoms with Gasteiger partial charge in [-0.1, -0.05) is 36.4 Å². The van der Waals surface area contributed by atoms with Crippen molar-refractivity contribution < 1.29 is 4.79 Å². The summed E-state index contributed by atoms with van der Waals surface area (Å²) < 4.78 is 0. The average Bonchev–Trinajstić information content (AvgIpc) is 2.92. The number of rotatable bonds is 4. The lowest BCUT2D eigenvalue weighted by atomic mass is 10.1. The van der Waals surface area contributed by atoms with Gasteiger partial charge in [0.2, 0.25) is 5.91 Å². The SMILES string of the molecule is CC(NC(=O)C(Cl)c1ccccc1)c1cccs1. The normalized spacial score (nSPS) is 13.9. The first-order valence-electron chi connectivity index (χ1n) is 5.71. The molecule has 0 fully saturated rings. The van der Waals surface area contributed by atoms with Crippen LogP contribution in [0.3, 0.4) is 0 Å². The van der Waals surface area contributed by atoms with Crippen LogP contribution in [0.15, 0.2) is 47.8 Å². The Morgan fingerprint density at radius 2 is 1.94 bits per heavy atom. The van der Waals surface area contributed by atoms with Crippen molar-refractivity contribution in [3.8, 4) is 0 Å². The summed E-state index contributed by atoms with van der Waals surface area (Å²) in [4.78, 5) is 13.1. The molecule has 18 heavy (non-hydrogen) atoms. The second kappa shape index (κ2) is 6.03. The van der Waals surface area contributed by atoms with Gasteiger partial charge >= 0.3 is 0 Å². The van der Waals surface area contributed by atoms with Gasteiger partial charge in [0.15, 0.2) is 0 Å². The van der Waals surface area contributed by atoms with Gasteiger partial charge in [-0.3, -0.25) is 4.79 Å². The van der Waals surface area contributed by atoms with Crippen LogP contribution in [-0.4, -0.2) is 5.91 Å². The number of alkyl halides is 1. The highest BCUT2D eigenvalue weighted by Gasteiger charge is 2.19. The molecule has 2 aromatic rings. The zero-order valence-corrected chi connectivity index (χ0v) is 11.5. The highest BCUT2D eigenvalue weighted by molar-refractivity contribution is 7.10. The zero-order valence-electron chi connectivity index (χ0n) is 9.97. The van der Waals surface area contributed by atoms with Gasteiger partial charge in [0.25, 0.3) is 0 Å². The molecule has 0 spiro atoms. The van der Waals surface area contributed by atoms with Crippen LogP contribution in [-0.2, 0) is 4.79 Å². The van der Waals surface area contributed by atoms with Crippen LogP contribution < -0.4 is 5.32 Å². The molecule has 0 aliphatic carbocycles. The van der Waals surface area contributed by atoms with Gasteiger partial charge < -0.3 is 5.32 Å². The van der Waals surface area contributed by atoms with Crippen molar-refractivity contribution in [3.63, 3.8) is 0 Å². The fourth-order valence-electron chi connectivity index (χ4n) is 1.67. The maximum atomic E-state index is 12.0. The summed E-state index contributed by atoms with van der Waals surface area (Å²) in [5.74, 6) is -0.163. The summed E-state index contributed by atoms with van der Waals surface area (Å²) in [7, 11) is 0. The summed E-state index contributed by atoms with van der Waals surface area (Å²) in [5, 5.41) is 4.27. The third-order valence-electron chi connectivity index (χ3n) is 2.65. The first kappa shape index (κ1) is 13.1. The predicted octanol–water partition coefficient (Wildman–Crippen LogP) is 3.91. The summed E-state index contributed by atoms with van der Waals surface area (Å²) in [5.41, 5.74) is 0.815. The molecule has 1 N–H and O–H groups in total. The van der Waals surface area contributed by atoms with Crippen molar-refractivity contribution >= 4 is 28.8 Å². The summed E-state index contributed by atoms with van der Waals surface area (Å²) >= 11 is 7.78. The van der Waals surface area contributed by atoms with Crippen LogP contribution >= 0.6 is 22.9 Å². The number of nitrogens with one attached hydrogen (secondary N) is 1. The van der Waals surface area contributed by atoms with Gasteiger partial charge in [-0.05, 0) is 23.9 Å². The molecular weight excluding hydrogens is 266 g/mol. The number of carbonyl (C=O) groups excluding carboxylic acids is 1. The lowest BCUT2D eigenvalue weighted by Gasteiger charge is -2.15. The first-order valence-corrected chi connectivity index (χ1v) is 7.03. The molecule has 0 aliphatic heterocycles. The molecule has 1 heterocycles. The minimum atomic E-state index is -0.645. The Kier molecular flexibility index (Phi) is 4.39. The van der Waals surface area contributed by atoms with E-state index < -0.39 is 5.38 Å². The number of halogens is 1. The van der Waals surface area contributed by atoms with Crippen LogP contribution in [0.5, 0.6) is 0 Å². The lowest BCUT2D eigenvalue weighted by Crippen LogP contribution is -2.29. The topological polar surface area (TPSA) is 29.1 Å². The van der Waals surface area contributed by atoms with E-state index in [0.717, 1.165) is 10.4 Å². The van der Waals surface area contributed by atoms with Gasteiger partial charge in [0.1, 0.15) is 5.38 Å². The average molecular weight is 280 g/mol. The molecule has 1 aromatic heterocycles. The Hall–Kier alpha value is -1.32. The number of carbonyl (C=O) groups is 1. The van der Waals surface area contributed by atoms with Crippen molar-refractivity contribution in [1.82, 2.24) is 5.32 Å². The molecule has 0 saturated carbocycles. The molecule has 0 bridgehead atoms. The molecule has 2 unspecified atom stereocenters. The Morgan fingerprint density at radius 1 is 1.22 bits per heavy atom. The first-order chi connectivity index (χ1) is 8.68.